The van der Waals surface area contributed by atoms with Crippen molar-refractivity contribution in [3.8, 4) is 0 Å². The summed E-state index contributed by atoms with van der Waals surface area (Å²) in [5, 5.41) is 1.82. The fraction of sp³-hybridized carbons (Fsp3) is 0.250. The minimum atomic E-state index is 0.0691. The molecule has 1 amide bonds. The van der Waals surface area contributed by atoms with E-state index in [1.807, 2.05) is 35.2 Å². The Kier molecular flexibility index (Phi) is 4.14. The highest BCUT2D eigenvalue weighted by Crippen LogP contribution is 2.22. The number of aryl methyl sites for hydroxylation is 1. The van der Waals surface area contributed by atoms with Gasteiger partial charge in [-0.05, 0) is 43.3 Å². The molecule has 2 heterocycles. The molecule has 0 radical (unpaired) electrons. The number of anilines is 1. The van der Waals surface area contributed by atoms with Crippen molar-refractivity contribution < 1.29 is 4.79 Å². The van der Waals surface area contributed by atoms with E-state index in [0.29, 0.717) is 18.8 Å². The average molecular weight is 354 g/mol. The second-order valence-corrected chi connectivity index (χ2v) is 6.97. The van der Waals surface area contributed by atoms with Gasteiger partial charge < -0.3 is 14.8 Å². The SMILES string of the molecule is Cc1ccc2[nH]c(C(=O)N3CCN(c4cccc(Cl)c4)CC3)cc2c1. The fourth-order valence-corrected chi connectivity index (χ4v) is 3.56. The topological polar surface area (TPSA) is 39.3 Å². The largest absolute Gasteiger partial charge is 0.368 e. The Bertz CT molecular complexity index is 926. The van der Waals surface area contributed by atoms with E-state index in [-0.39, 0.29) is 5.91 Å². The molecule has 0 atom stereocenters. The number of hydrogen-bond donors (Lipinski definition) is 1. The summed E-state index contributed by atoms with van der Waals surface area (Å²) in [5.41, 5.74) is 3.98. The van der Waals surface area contributed by atoms with Crippen molar-refractivity contribution >= 4 is 34.1 Å². The first-order chi connectivity index (χ1) is 12.1. The number of halogens is 1. The molecule has 4 rings (SSSR count). The van der Waals surface area contributed by atoms with E-state index in [9.17, 15) is 4.79 Å². The third kappa shape index (κ3) is 3.22. The lowest BCUT2D eigenvalue weighted by atomic mass is 10.2. The number of carbonyl (C=O) groups is 1. The number of benzene rings is 2. The lowest BCUT2D eigenvalue weighted by Crippen LogP contribution is -2.48. The smallest absolute Gasteiger partial charge is 0.270 e. The molecule has 0 unspecified atom stereocenters. The molecule has 128 valence electrons. The van der Waals surface area contributed by atoms with Crippen molar-refractivity contribution in [3.63, 3.8) is 0 Å². The van der Waals surface area contributed by atoms with Gasteiger partial charge in [0, 0.05) is 47.8 Å². The van der Waals surface area contributed by atoms with Gasteiger partial charge in [-0.2, -0.15) is 0 Å². The van der Waals surface area contributed by atoms with Crippen molar-refractivity contribution in [1.29, 1.82) is 0 Å². The molecular formula is C20H20ClN3O. The Balaban J connectivity index is 1.47. The molecule has 4 nitrogen and oxygen atoms in total. The maximum absolute atomic E-state index is 12.8. The quantitative estimate of drug-likeness (QED) is 0.753. The summed E-state index contributed by atoms with van der Waals surface area (Å²) in [5.74, 6) is 0.0691. The van der Waals surface area contributed by atoms with Gasteiger partial charge in [-0.3, -0.25) is 4.79 Å². The van der Waals surface area contributed by atoms with Gasteiger partial charge in [0.25, 0.3) is 5.91 Å². The molecule has 1 aromatic heterocycles. The lowest BCUT2D eigenvalue weighted by molar-refractivity contribution is 0.0742. The molecule has 0 bridgehead atoms. The predicted molar refractivity (Wildman–Crippen MR) is 103 cm³/mol. The summed E-state index contributed by atoms with van der Waals surface area (Å²) in [4.78, 5) is 20.2. The Hall–Kier alpha value is -2.46. The Labute approximate surface area is 152 Å². The van der Waals surface area contributed by atoms with Crippen molar-refractivity contribution in [3.05, 3.63) is 64.8 Å². The van der Waals surface area contributed by atoms with Gasteiger partial charge in [-0.15, -0.1) is 0 Å². The first-order valence-electron chi connectivity index (χ1n) is 8.49. The number of hydrogen-bond acceptors (Lipinski definition) is 2. The molecule has 1 saturated heterocycles. The molecule has 1 N–H and O–H groups in total. The Morgan fingerprint density at radius 2 is 1.84 bits per heavy atom. The zero-order chi connectivity index (χ0) is 17.4. The molecule has 3 aromatic rings. The molecule has 0 aliphatic carbocycles. The van der Waals surface area contributed by atoms with E-state index < -0.39 is 0 Å². The van der Waals surface area contributed by atoms with E-state index in [4.69, 9.17) is 11.6 Å². The van der Waals surface area contributed by atoms with Gasteiger partial charge >= 0.3 is 0 Å². The fourth-order valence-electron chi connectivity index (χ4n) is 3.38. The number of amides is 1. The van der Waals surface area contributed by atoms with E-state index >= 15 is 0 Å². The molecular weight excluding hydrogens is 334 g/mol. The van der Waals surface area contributed by atoms with Crippen LogP contribution in [0.25, 0.3) is 10.9 Å². The van der Waals surface area contributed by atoms with Crippen LogP contribution in [0.3, 0.4) is 0 Å². The van der Waals surface area contributed by atoms with Crippen LogP contribution in [0.15, 0.2) is 48.5 Å². The molecule has 5 heteroatoms. The molecule has 0 spiro atoms. The van der Waals surface area contributed by atoms with Crippen LogP contribution in [-0.4, -0.2) is 42.0 Å². The predicted octanol–water partition coefficient (Wildman–Crippen LogP) is 4.09. The standard InChI is InChI=1S/C20H20ClN3O/c1-14-5-6-18-15(11-14)12-19(22-18)20(25)24-9-7-23(8-10-24)17-4-2-3-16(21)13-17/h2-6,11-13,22H,7-10H2,1H3. The third-order valence-corrected chi connectivity index (χ3v) is 4.98. The third-order valence-electron chi connectivity index (χ3n) is 4.75. The monoisotopic (exact) mass is 353 g/mol. The number of rotatable bonds is 2. The van der Waals surface area contributed by atoms with E-state index in [1.165, 1.54) is 5.56 Å². The van der Waals surface area contributed by atoms with Crippen LogP contribution in [-0.2, 0) is 0 Å². The Morgan fingerprint density at radius 3 is 2.60 bits per heavy atom. The van der Waals surface area contributed by atoms with E-state index in [2.05, 4.69) is 35.0 Å². The highest BCUT2D eigenvalue weighted by molar-refractivity contribution is 6.30. The van der Waals surface area contributed by atoms with Crippen LogP contribution in [0.1, 0.15) is 16.1 Å². The highest BCUT2D eigenvalue weighted by atomic mass is 35.5. The maximum Gasteiger partial charge on any atom is 0.270 e. The van der Waals surface area contributed by atoms with Gasteiger partial charge in [0.1, 0.15) is 5.69 Å². The molecule has 1 fully saturated rings. The van der Waals surface area contributed by atoms with E-state index in [0.717, 1.165) is 34.7 Å². The lowest BCUT2D eigenvalue weighted by Gasteiger charge is -2.36. The van der Waals surface area contributed by atoms with Gasteiger partial charge in [-0.1, -0.05) is 29.3 Å². The molecule has 0 saturated carbocycles. The number of nitrogens with zero attached hydrogens (tertiary/aromatic N) is 2. The van der Waals surface area contributed by atoms with E-state index in [1.54, 1.807) is 0 Å². The van der Waals surface area contributed by atoms with Crippen LogP contribution in [0.4, 0.5) is 5.69 Å². The number of aromatic amines is 1. The highest BCUT2D eigenvalue weighted by Gasteiger charge is 2.23. The van der Waals surface area contributed by atoms with Crippen LogP contribution < -0.4 is 4.90 Å². The summed E-state index contributed by atoms with van der Waals surface area (Å²) in [6.45, 7) is 5.10. The second-order valence-electron chi connectivity index (χ2n) is 6.53. The zero-order valence-corrected chi connectivity index (χ0v) is 14.9. The number of nitrogens with one attached hydrogen (secondary N) is 1. The van der Waals surface area contributed by atoms with Crippen LogP contribution in [0, 0.1) is 6.92 Å². The summed E-state index contributed by atoms with van der Waals surface area (Å²) >= 11 is 6.08. The minimum absolute atomic E-state index is 0.0691. The number of piperazine rings is 1. The zero-order valence-electron chi connectivity index (χ0n) is 14.1. The van der Waals surface area contributed by atoms with Crippen molar-refractivity contribution in [2.24, 2.45) is 0 Å². The number of aromatic nitrogens is 1. The van der Waals surface area contributed by atoms with Gasteiger partial charge in [0.15, 0.2) is 0 Å². The number of carbonyl (C=O) groups excluding carboxylic acids is 1. The molecule has 2 aromatic carbocycles. The minimum Gasteiger partial charge on any atom is -0.368 e. The van der Waals surface area contributed by atoms with Crippen LogP contribution in [0.2, 0.25) is 5.02 Å². The summed E-state index contributed by atoms with van der Waals surface area (Å²) < 4.78 is 0. The summed E-state index contributed by atoms with van der Waals surface area (Å²) in [6.07, 6.45) is 0. The average Bonchev–Trinajstić information content (AvgIpc) is 3.04. The van der Waals surface area contributed by atoms with Crippen molar-refractivity contribution in [2.45, 2.75) is 6.92 Å². The summed E-state index contributed by atoms with van der Waals surface area (Å²) in [6, 6.07) is 16.0. The first kappa shape index (κ1) is 16.0. The van der Waals surface area contributed by atoms with Crippen molar-refractivity contribution in [1.82, 2.24) is 9.88 Å². The first-order valence-corrected chi connectivity index (χ1v) is 8.87. The normalized spacial score (nSPS) is 15.0. The number of fused-ring (bicyclic) bond motifs is 1. The second kappa shape index (κ2) is 6.45. The summed E-state index contributed by atoms with van der Waals surface area (Å²) in [7, 11) is 0. The number of H-pyrrole nitrogens is 1. The molecule has 25 heavy (non-hydrogen) atoms. The molecule has 1 aliphatic rings. The maximum atomic E-state index is 12.8. The van der Waals surface area contributed by atoms with Gasteiger partial charge in [0.05, 0.1) is 0 Å². The van der Waals surface area contributed by atoms with Crippen molar-refractivity contribution in [2.75, 3.05) is 31.1 Å². The Morgan fingerprint density at radius 1 is 1.04 bits per heavy atom. The van der Waals surface area contributed by atoms with Gasteiger partial charge in [0.2, 0.25) is 0 Å². The molecule has 1 aliphatic heterocycles. The van der Waals surface area contributed by atoms with Gasteiger partial charge in [-0.25, -0.2) is 0 Å². The van der Waals surface area contributed by atoms with Crippen LogP contribution >= 0.6 is 11.6 Å². The van der Waals surface area contributed by atoms with Crippen LogP contribution in [0.5, 0.6) is 0 Å².